The van der Waals surface area contributed by atoms with Gasteiger partial charge in [-0.05, 0) is 48.6 Å². The van der Waals surface area contributed by atoms with Gasteiger partial charge >= 0.3 is 5.91 Å². The van der Waals surface area contributed by atoms with Gasteiger partial charge in [0.15, 0.2) is 5.69 Å². The summed E-state index contributed by atoms with van der Waals surface area (Å²) < 4.78 is 2.11. The fourth-order valence-corrected chi connectivity index (χ4v) is 8.29. The second kappa shape index (κ2) is 11.3. The quantitative estimate of drug-likeness (QED) is 0.152. The second-order valence-corrected chi connectivity index (χ2v) is 12.7. The molecule has 42 heavy (non-hydrogen) atoms. The van der Waals surface area contributed by atoms with Crippen LogP contribution >= 0.6 is 34.0 Å². The van der Waals surface area contributed by atoms with Crippen LogP contribution in [0.1, 0.15) is 44.6 Å². The van der Waals surface area contributed by atoms with E-state index in [9.17, 15) is 9.59 Å². The molecule has 5 heterocycles. The number of aromatic nitrogens is 4. The maximum Gasteiger partial charge on any atom is 0.305 e. The van der Waals surface area contributed by atoms with Gasteiger partial charge < -0.3 is 4.90 Å². The highest BCUT2D eigenvalue weighted by molar-refractivity contribution is 7.25. The SMILES string of the molecule is CON(C(=O)c1ccccc1)C(=O)c1nc(C2CCN(c3ncnc4ccsc34)CC2)sc1-c1nc2ccccc2s1. The predicted octanol–water partition coefficient (Wildman–Crippen LogP) is 6.65. The number of hydrogen-bond acceptors (Lipinski definition) is 11. The number of piperidine rings is 1. The Balaban J connectivity index is 1.21. The monoisotopic (exact) mass is 612 g/mol. The number of carbonyl (C=O) groups excluding carboxylic acids is 2. The van der Waals surface area contributed by atoms with E-state index in [1.54, 1.807) is 41.9 Å². The number of imide groups is 1. The Morgan fingerprint density at radius 1 is 0.905 bits per heavy atom. The molecule has 6 aromatic rings. The highest BCUT2D eigenvalue weighted by Gasteiger charge is 2.33. The third-order valence-corrected chi connectivity index (χ3v) is 10.6. The van der Waals surface area contributed by atoms with Crippen LogP contribution in [-0.2, 0) is 4.84 Å². The van der Waals surface area contributed by atoms with Crippen molar-refractivity contribution in [2.75, 3.05) is 25.1 Å². The summed E-state index contributed by atoms with van der Waals surface area (Å²) in [6.45, 7) is 1.62. The molecule has 0 saturated carbocycles. The lowest BCUT2D eigenvalue weighted by Crippen LogP contribution is -2.36. The average Bonchev–Trinajstić information content (AvgIpc) is 3.80. The van der Waals surface area contributed by atoms with Crippen molar-refractivity contribution in [2.24, 2.45) is 0 Å². The Kier molecular flexibility index (Phi) is 7.20. The van der Waals surface area contributed by atoms with Crippen molar-refractivity contribution in [1.29, 1.82) is 0 Å². The minimum atomic E-state index is -0.610. The van der Waals surface area contributed by atoms with Gasteiger partial charge in [0.1, 0.15) is 17.2 Å². The first-order valence-electron chi connectivity index (χ1n) is 13.4. The van der Waals surface area contributed by atoms with Gasteiger partial charge in [-0.2, -0.15) is 0 Å². The second-order valence-electron chi connectivity index (χ2n) is 9.76. The number of thiazole rings is 2. The number of para-hydroxylation sites is 1. The molecule has 4 aromatic heterocycles. The molecular formula is C30H24N6O3S3. The summed E-state index contributed by atoms with van der Waals surface area (Å²) in [5.74, 6) is -0.0382. The molecule has 7 rings (SSSR count). The number of fused-ring (bicyclic) bond motifs is 2. The molecule has 1 aliphatic rings. The van der Waals surface area contributed by atoms with E-state index in [1.807, 2.05) is 41.8 Å². The maximum atomic E-state index is 13.9. The molecule has 2 amide bonds. The van der Waals surface area contributed by atoms with E-state index in [0.717, 1.165) is 62.3 Å². The Labute approximate surface area is 253 Å². The summed E-state index contributed by atoms with van der Waals surface area (Å²) >= 11 is 4.64. The van der Waals surface area contributed by atoms with Crippen LogP contribution in [0.4, 0.5) is 5.82 Å². The van der Waals surface area contributed by atoms with Crippen LogP contribution in [0.2, 0.25) is 0 Å². The van der Waals surface area contributed by atoms with E-state index in [1.165, 1.54) is 29.8 Å². The zero-order valence-electron chi connectivity index (χ0n) is 22.5. The van der Waals surface area contributed by atoms with E-state index >= 15 is 0 Å². The molecule has 210 valence electrons. The number of hydroxylamine groups is 2. The minimum absolute atomic E-state index is 0.155. The lowest BCUT2D eigenvalue weighted by molar-refractivity contribution is -0.0686. The van der Waals surface area contributed by atoms with E-state index < -0.39 is 11.8 Å². The molecule has 0 radical (unpaired) electrons. The van der Waals surface area contributed by atoms with Gasteiger partial charge in [-0.3, -0.25) is 14.4 Å². The van der Waals surface area contributed by atoms with Crippen molar-refractivity contribution in [2.45, 2.75) is 18.8 Å². The van der Waals surface area contributed by atoms with Gasteiger partial charge in [0.05, 0.1) is 37.4 Å². The first-order valence-corrected chi connectivity index (χ1v) is 15.9. The lowest BCUT2D eigenvalue weighted by Gasteiger charge is -2.32. The summed E-state index contributed by atoms with van der Waals surface area (Å²) in [7, 11) is 1.32. The average molecular weight is 613 g/mol. The normalized spacial score (nSPS) is 14.1. The van der Waals surface area contributed by atoms with Crippen LogP contribution in [0.5, 0.6) is 0 Å². The number of benzene rings is 2. The van der Waals surface area contributed by atoms with E-state index in [0.29, 0.717) is 15.4 Å². The van der Waals surface area contributed by atoms with E-state index in [2.05, 4.69) is 14.9 Å². The van der Waals surface area contributed by atoms with Crippen LogP contribution in [0.25, 0.3) is 30.3 Å². The Bertz CT molecular complexity index is 1880. The van der Waals surface area contributed by atoms with Gasteiger partial charge in [0.2, 0.25) is 0 Å². The molecule has 2 aromatic carbocycles. The minimum Gasteiger partial charge on any atom is -0.355 e. The van der Waals surface area contributed by atoms with Crippen molar-refractivity contribution in [1.82, 2.24) is 25.0 Å². The van der Waals surface area contributed by atoms with Crippen LogP contribution in [0.3, 0.4) is 0 Å². The van der Waals surface area contributed by atoms with Crippen molar-refractivity contribution < 1.29 is 14.4 Å². The third-order valence-electron chi connectivity index (χ3n) is 7.27. The predicted molar refractivity (Wildman–Crippen MR) is 166 cm³/mol. The molecule has 12 heteroatoms. The Morgan fingerprint density at radius 2 is 1.69 bits per heavy atom. The van der Waals surface area contributed by atoms with Gasteiger partial charge in [0, 0.05) is 24.6 Å². The van der Waals surface area contributed by atoms with E-state index in [4.69, 9.17) is 14.8 Å². The summed E-state index contributed by atoms with van der Waals surface area (Å²) in [6.07, 6.45) is 3.33. The molecular weight excluding hydrogens is 589 g/mol. The zero-order valence-corrected chi connectivity index (χ0v) is 24.9. The number of hydrogen-bond donors (Lipinski definition) is 0. The molecule has 1 fully saturated rings. The van der Waals surface area contributed by atoms with Gasteiger partial charge in [0.25, 0.3) is 5.91 Å². The first-order chi connectivity index (χ1) is 20.6. The molecule has 0 bridgehead atoms. The van der Waals surface area contributed by atoms with Gasteiger partial charge in [-0.25, -0.2) is 19.9 Å². The third kappa shape index (κ3) is 4.86. The number of thiophene rings is 1. The summed E-state index contributed by atoms with van der Waals surface area (Å²) in [5.41, 5.74) is 2.34. The Hall–Kier alpha value is -4.10. The van der Waals surface area contributed by atoms with Crippen molar-refractivity contribution in [3.05, 3.63) is 88.6 Å². The highest BCUT2D eigenvalue weighted by atomic mass is 32.1. The zero-order chi connectivity index (χ0) is 28.6. The molecule has 0 atom stereocenters. The number of nitrogens with zero attached hydrogens (tertiary/aromatic N) is 6. The topological polar surface area (TPSA) is 101 Å². The fraction of sp³-hybridized carbons (Fsp3) is 0.200. The van der Waals surface area contributed by atoms with Crippen molar-refractivity contribution >= 4 is 72.1 Å². The summed E-state index contributed by atoms with van der Waals surface area (Å²) in [5, 5.41) is 4.39. The van der Waals surface area contributed by atoms with Crippen LogP contribution in [0, 0.1) is 0 Å². The molecule has 0 spiro atoms. The van der Waals surface area contributed by atoms with Crippen molar-refractivity contribution in [3.8, 4) is 9.88 Å². The molecule has 0 N–H and O–H groups in total. The van der Waals surface area contributed by atoms with Gasteiger partial charge in [-0.15, -0.1) is 39.1 Å². The van der Waals surface area contributed by atoms with Gasteiger partial charge in [-0.1, -0.05) is 30.3 Å². The fourth-order valence-electron chi connectivity index (χ4n) is 5.16. The van der Waals surface area contributed by atoms with Crippen LogP contribution in [-0.4, -0.2) is 57.0 Å². The molecule has 9 nitrogen and oxygen atoms in total. The summed E-state index contributed by atoms with van der Waals surface area (Å²) in [4.78, 5) is 54.1. The molecule has 1 aliphatic heterocycles. The molecule has 0 unspecified atom stereocenters. The van der Waals surface area contributed by atoms with E-state index in [-0.39, 0.29) is 11.6 Å². The largest absolute Gasteiger partial charge is 0.355 e. The molecule has 1 saturated heterocycles. The lowest BCUT2D eigenvalue weighted by atomic mass is 9.97. The maximum absolute atomic E-state index is 13.9. The Morgan fingerprint density at radius 3 is 2.48 bits per heavy atom. The number of anilines is 1. The van der Waals surface area contributed by atoms with Crippen molar-refractivity contribution in [3.63, 3.8) is 0 Å². The highest BCUT2D eigenvalue weighted by Crippen LogP contribution is 2.41. The summed E-state index contributed by atoms with van der Waals surface area (Å²) in [6, 6.07) is 18.5. The number of amides is 2. The smallest absolute Gasteiger partial charge is 0.305 e. The van der Waals surface area contributed by atoms with Crippen LogP contribution in [0.15, 0.2) is 72.4 Å². The number of rotatable bonds is 6. The number of carbonyl (C=O) groups is 2. The first kappa shape index (κ1) is 26.8. The standard InChI is InChI=1S/C30H24N6O3S3/c1-39-36(29(37)19-7-3-2-4-8-19)30(38)23-25(28-33-20-9-5-6-10-22(20)41-28)42-27(34-23)18-11-14-35(15-12-18)26-24-21(13-16-40-24)31-17-32-26/h2-10,13,16-18H,11-12,14-15H2,1H3. The van der Waals surface area contributed by atoms with Crippen LogP contribution < -0.4 is 4.90 Å². The molecule has 0 aliphatic carbocycles.